The van der Waals surface area contributed by atoms with Gasteiger partial charge in [-0.25, -0.2) is 9.59 Å². The van der Waals surface area contributed by atoms with Crippen molar-refractivity contribution in [2.45, 2.75) is 45.4 Å². The molecular weight excluding hydrogens is 314 g/mol. The zero-order valence-electron chi connectivity index (χ0n) is 14.3. The zero-order valence-corrected chi connectivity index (χ0v) is 14.3. The predicted octanol–water partition coefficient (Wildman–Crippen LogP) is 2.22. The Bertz CT molecular complexity index is 561. The molecule has 0 saturated heterocycles. The molecule has 0 aliphatic heterocycles. The van der Waals surface area contributed by atoms with Crippen molar-refractivity contribution in [3.8, 4) is 5.75 Å². The van der Waals surface area contributed by atoms with Gasteiger partial charge in [0.2, 0.25) is 0 Å². The van der Waals surface area contributed by atoms with Gasteiger partial charge in [-0.3, -0.25) is 0 Å². The van der Waals surface area contributed by atoms with Crippen LogP contribution in [0, 0.1) is 0 Å². The van der Waals surface area contributed by atoms with Gasteiger partial charge in [0, 0.05) is 6.42 Å². The molecule has 0 aromatic heterocycles. The number of aldehydes is 1. The number of esters is 1. The molecular formula is C17H23NO6. The number of alkyl carbamates (subject to hydrolysis) is 1. The van der Waals surface area contributed by atoms with Crippen molar-refractivity contribution in [2.24, 2.45) is 0 Å². The van der Waals surface area contributed by atoms with Crippen LogP contribution in [0.3, 0.4) is 0 Å². The van der Waals surface area contributed by atoms with Crippen LogP contribution in [0.2, 0.25) is 0 Å². The maximum Gasteiger partial charge on any atom is 0.408 e. The zero-order chi connectivity index (χ0) is 18.2. The van der Waals surface area contributed by atoms with Crippen molar-refractivity contribution in [2.75, 3.05) is 7.11 Å². The molecule has 0 bridgehead atoms. The predicted molar refractivity (Wildman–Crippen MR) is 86.6 cm³/mol. The summed E-state index contributed by atoms with van der Waals surface area (Å²) in [6.45, 7) is 5.12. The number of methoxy groups -OCH3 is 1. The third kappa shape index (κ3) is 7.13. The molecule has 1 atom stereocenters. The Morgan fingerprint density at radius 1 is 1.21 bits per heavy atom. The summed E-state index contributed by atoms with van der Waals surface area (Å²) in [5.74, 6) is -0.0146. The first kappa shape index (κ1) is 19.5. The van der Waals surface area contributed by atoms with E-state index in [9.17, 15) is 14.4 Å². The van der Waals surface area contributed by atoms with Gasteiger partial charge in [0.15, 0.2) is 0 Å². The first-order valence-corrected chi connectivity index (χ1v) is 7.48. The van der Waals surface area contributed by atoms with Gasteiger partial charge >= 0.3 is 12.1 Å². The maximum absolute atomic E-state index is 12.1. The summed E-state index contributed by atoms with van der Waals surface area (Å²) >= 11 is 0. The monoisotopic (exact) mass is 337 g/mol. The average molecular weight is 337 g/mol. The molecule has 1 aromatic carbocycles. The highest BCUT2D eigenvalue weighted by molar-refractivity contribution is 5.83. The fraction of sp³-hybridized carbons (Fsp3) is 0.471. The molecule has 0 saturated carbocycles. The summed E-state index contributed by atoms with van der Waals surface area (Å²) in [6, 6.07) is 5.90. The number of hydrogen-bond donors (Lipinski definition) is 1. The molecule has 0 radical (unpaired) electrons. The number of carbonyl (C=O) groups excluding carboxylic acids is 3. The van der Waals surface area contributed by atoms with E-state index in [0.29, 0.717) is 12.0 Å². The van der Waals surface area contributed by atoms with Crippen LogP contribution < -0.4 is 10.1 Å². The number of ether oxygens (including phenoxy) is 3. The number of nitrogens with one attached hydrogen (secondary N) is 1. The maximum atomic E-state index is 12.1. The number of benzene rings is 1. The Morgan fingerprint density at radius 3 is 2.33 bits per heavy atom. The molecule has 7 heteroatoms. The minimum absolute atomic E-state index is 0.0220. The van der Waals surface area contributed by atoms with Crippen molar-refractivity contribution in [1.29, 1.82) is 0 Å². The van der Waals surface area contributed by atoms with E-state index in [4.69, 9.17) is 14.2 Å². The van der Waals surface area contributed by atoms with Crippen LogP contribution in [0.4, 0.5) is 4.79 Å². The van der Waals surface area contributed by atoms with Crippen LogP contribution in [0.15, 0.2) is 24.3 Å². The second-order valence-corrected chi connectivity index (χ2v) is 6.06. The highest BCUT2D eigenvalue weighted by Gasteiger charge is 2.25. The molecule has 1 N–H and O–H groups in total. The highest BCUT2D eigenvalue weighted by Crippen LogP contribution is 2.12. The van der Waals surface area contributed by atoms with Crippen molar-refractivity contribution < 1.29 is 28.6 Å². The average Bonchev–Trinajstić information content (AvgIpc) is 2.51. The van der Waals surface area contributed by atoms with E-state index in [2.05, 4.69) is 5.32 Å². The SMILES string of the molecule is COc1ccc(COC(=O)[C@H](CC=O)NC(=O)OC(C)(C)C)cc1. The fourth-order valence-corrected chi connectivity index (χ4v) is 1.74. The van der Waals surface area contributed by atoms with Gasteiger partial charge in [0.25, 0.3) is 0 Å². The van der Waals surface area contributed by atoms with Crippen LogP contribution in [-0.4, -0.2) is 37.1 Å². The molecule has 0 aliphatic carbocycles. The molecule has 1 amide bonds. The lowest BCUT2D eigenvalue weighted by atomic mass is 10.2. The molecule has 1 aromatic rings. The Kier molecular flexibility index (Phi) is 7.23. The third-order valence-corrected chi connectivity index (χ3v) is 2.85. The lowest BCUT2D eigenvalue weighted by Gasteiger charge is -2.22. The van der Waals surface area contributed by atoms with Gasteiger partial charge < -0.3 is 24.3 Å². The Morgan fingerprint density at radius 2 is 1.83 bits per heavy atom. The minimum Gasteiger partial charge on any atom is -0.497 e. The van der Waals surface area contributed by atoms with E-state index >= 15 is 0 Å². The Hall–Kier alpha value is -2.57. The summed E-state index contributed by atoms with van der Waals surface area (Å²) in [5, 5.41) is 2.34. The second kappa shape index (κ2) is 8.90. The molecule has 132 valence electrons. The Labute approximate surface area is 141 Å². The van der Waals surface area contributed by atoms with Crippen LogP contribution in [0.5, 0.6) is 5.75 Å². The van der Waals surface area contributed by atoms with Crippen LogP contribution in [-0.2, 0) is 25.7 Å². The lowest BCUT2D eigenvalue weighted by molar-refractivity contribution is -0.148. The summed E-state index contributed by atoms with van der Waals surface area (Å²) in [4.78, 5) is 34.5. The van der Waals surface area contributed by atoms with Gasteiger partial charge in [-0.05, 0) is 38.5 Å². The number of amides is 1. The molecule has 7 nitrogen and oxygen atoms in total. The third-order valence-electron chi connectivity index (χ3n) is 2.85. The van der Waals surface area contributed by atoms with Crippen molar-refractivity contribution in [3.05, 3.63) is 29.8 Å². The standard InChI is InChI=1S/C17H23NO6/c1-17(2,3)24-16(21)18-14(9-10-19)15(20)23-11-12-5-7-13(22-4)8-6-12/h5-8,10,14H,9,11H2,1-4H3,(H,18,21)/t14-/m0/s1. The first-order chi connectivity index (χ1) is 11.2. The number of carbonyl (C=O) groups is 3. The molecule has 0 heterocycles. The van der Waals surface area contributed by atoms with E-state index < -0.39 is 23.7 Å². The largest absolute Gasteiger partial charge is 0.497 e. The van der Waals surface area contributed by atoms with E-state index in [0.717, 1.165) is 5.56 Å². The van der Waals surface area contributed by atoms with E-state index in [1.807, 2.05) is 0 Å². The van der Waals surface area contributed by atoms with Crippen molar-refractivity contribution >= 4 is 18.3 Å². The smallest absolute Gasteiger partial charge is 0.408 e. The van der Waals surface area contributed by atoms with Gasteiger partial charge in [0.1, 0.15) is 30.3 Å². The van der Waals surface area contributed by atoms with Crippen molar-refractivity contribution in [1.82, 2.24) is 5.32 Å². The number of rotatable bonds is 7. The molecule has 0 aliphatic rings. The topological polar surface area (TPSA) is 90.9 Å². The molecule has 0 unspecified atom stereocenters. The first-order valence-electron chi connectivity index (χ1n) is 7.48. The summed E-state index contributed by atoms with van der Waals surface area (Å²) in [7, 11) is 1.56. The highest BCUT2D eigenvalue weighted by atomic mass is 16.6. The minimum atomic E-state index is -1.09. The van der Waals surface area contributed by atoms with Crippen LogP contribution in [0.25, 0.3) is 0 Å². The lowest BCUT2D eigenvalue weighted by Crippen LogP contribution is -2.44. The van der Waals surface area contributed by atoms with E-state index in [1.54, 1.807) is 52.1 Å². The van der Waals surface area contributed by atoms with Gasteiger partial charge in [-0.1, -0.05) is 12.1 Å². The second-order valence-electron chi connectivity index (χ2n) is 6.06. The van der Waals surface area contributed by atoms with Gasteiger partial charge in [0.05, 0.1) is 7.11 Å². The van der Waals surface area contributed by atoms with Crippen LogP contribution >= 0.6 is 0 Å². The molecule has 1 rings (SSSR count). The van der Waals surface area contributed by atoms with E-state index in [-0.39, 0.29) is 13.0 Å². The number of hydrogen-bond acceptors (Lipinski definition) is 6. The quantitative estimate of drug-likeness (QED) is 0.606. The molecule has 0 spiro atoms. The summed E-state index contributed by atoms with van der Waals surface area (Å²) in [6.07, 6.45) is -0.437. The fourth-order valence-electron chi connectivity index (χ4n) is 1.74. The van der Waals surface area contributed by atoms with Crippen molar-refractivity contribution in [3.63, 3.8) is 0 Å². The normalized spacial score (nSPS) is 12.0. The molecule has 0 fully saturated rings. The molecule has 24 heavy (non-hydrogen) atoms. The van der Waals surface area contributed by atoms with Crippen LogP contribution in [0.1, 0.15) is 32.8 Å². The van der Waals surface area contributed by atoms with Gasteiger partial charge in [-0.15, -0.1) is 0 Å². The Balaban J connectivity index is 2.58. The van der Waals surface area contributed by atoms with Gasteiger partial charge in [-0.2, -0.15) is 0 Å². The summed E-state index contributed by atoms with van der Waals surface area (Å²) in [5.41, 5.74) is 0.0503. The summed E-state index contributed by atoms with van der Waals surface area (Å²) < 4.78 is 15.2. The van der Waals surface area contributed by atoms with E-state index in [1.165, 1.54) is 0 Å².